The first-order valence-electron chi connectivity index (χ1n) is 6.63. The molecule has 0 saturated carbocycles. The van der Waals surface area contributed by atoms with Crippen LogP contribution in [0.2, 0.25) is 0 Å². The van der Waals surface area contributed by atoms with Crippen LogP contribution in [-0.2, 0) is 4.74 Å². The van der Waals surface area contributed by atoms with E-state index in [0.717, 1.165) is 18.2 Å². The number of carbonyl (C=O) groups is 1. The largest absolute Gasteiger partial charge is 0.383 e. The summed E-state index contributed by atoms with van der Waals surface area (Å²) in [6.07, 6.45) is 0. The van der Waals surface area contributed by atoms with Crippen LogP contribution in [-0.4, -0.2) is 44.0 Å². The highest BCUT2D eigenvalue weighted by atomic mass is 19.1. The molecule has 112 valence electrons. The Kier molecular flexibility index (Phi) is 6.75. The Morgan fingerprint density at radius 1 is 1.35 bits per heavy atom. The van der Waals surface area contributed by atoms with Crippen molar-refractivity contribution in [2.75, 3.05) is 33.4 Å². The monoisotopic (exact) mass is 285 g/mol. The highest BCUT2D eigenvalue weighted by molar-refractivity contribution is 5.97. The van der Waals surface area contributed by atoms with Gasteiger partial charge in [-0.15, -0.1) is 0 Å². The number of hydrogen-bond donors (Lipinski definition) is 0. The quantitative estimate of drug-likeness (QED) is 0.688. The predicted molar refractivity (Wildman–Crippen MR) is 73.8 cm³/mol. The van der Waals surface area contributed by atoms with Gasteiger partial charge in [-0.2, -0.15) is 0 Å². The van der Waals surface area contributed by atoms with Crippen molar-refractivity contribution in [3.63, 3.8) is 0 Å². The maximum atomic E-state index is 13.6. The zero-order chi connectivity index (χ0) is 15.1. The van der Waals surface area contributed by atoms with Crippen LogP contribution in [0.4, 0.5) is 8.78 Å². The van der Waals surface area contributed by atoms with Crippen LogP contribution in [0.3, 0.4) is 0 Å². The molecule has 0 radical (unpaired) electrons. The average Bonchev–Trinajstić information content (AvgIpc) is 2.38. The first-order chi connectivity index (χ1) is 9.43. The molecule has 1 aromatic carbocycles. The van der Waals surface area contributed by atoms with Crippen LogP contribution >= 0.6 is 0 Å². The van der Waals surface area contributed by atoms with Gasteiger partial charge in [0, 0.05) is 20.2 Å². The van der Waals surface area contributed by atoms with Gasteiger partial charge in [-0.3, -0.25) is 9.69 Å². The molecule has 0 N–H and O–H groups in total. The number of nitrogens with zero attached hydrogens (tertiary/aromatic N) is 1. The van der Waals surface area contributed by atoms with Crippen LogP contribution in [0.15, 0.2) is 18.2 Å². The second-order valence-electron chi connectivity index (χ2n) is 5.17. The number of ketones is 1. The number of Topliss-reactive ketones (excluding diaryl/α,β-unsaturated/α-hetero) is 1. The van der Waals surface area contributed by atoms with E-state index < -0.39 is 17.4 Å². The molecular formula is C15H21F2NO2. The predicted octanol–water partition coefficient (Wildman–Crippen LogP) is 2.75. The molecule has 0 atom stereocenters. The fourth-order valence-corrected chi connectivity index (χ4v) is 1.97. The van der Waals surface area contributed by atoms with E-state index in [9.17, 15) is 13.6 Å². The molecule has 0 aliphatic rings. The molecule has 0 heterocycles. The summed E-state index contributed by atoms with van der Waals surface area (Å²) in [5.41, 5.74) is -0.198. The Balaban J connectivity index is 2.76. The zero-order valence-corrected chi connectivity index (χ0v) is 12.2. The van der Waals surface area contributed by atoms with Crippen molar-refractivity contribution in [2.24, 2.45) is 5.92 Å². The highest BCUT2D eigenvalue weighted by Gasteiger charge is 2.17. The van der Waals surface area contributed by atoms with Crippen molar-refractivity contribution in [1.29, 1.82) is 0 Å². The minimum absolute atomic E-state index is 0.0575. The van der Waals surface area contributed by atoms with Gasteiger partial charge in [0.05, 0.1) is 18.7 Å². The van der Waals surface area contributed by atoms with Gasteiger partial charge in [0.2, 0.25) is 0 Å². The van der Waals surface area contributed by atoms with E-state index in [0.29, 0.717) is 25.6 Å². The smallest absolute Gasteiger partial charge is 0.179 e. The van der Waals surface area contributed by atoms with Gasteiger partial charge in [-0.1, -0.05) is 13.8 Å². The molecule has 0 spiro atoms. The Bertz CT molecular complexity index is 449. The molecule has 0 aliphatic heterocycles. The number of hydrogen-bond acceptors (Lipinski definition) is 3. The van der Waals surface area contributed by atoms with E-state index in [1.165, 1.54) is 0 Å². The molecule has 0 fully saturated rings. The third-order valence-corrected chi connectivity index (χ3v) is 2.83. The SMILES string of the molecule is COCCN(CC(=O)c1cc(F)ccc1F)CC(C)C. The molecule has 0 aromatic heterocycles. The molecular weight excluding hydrogens is 264 g/mol. The lowest BCUT2D eigenvalue weighted by atomic mass is 10.1. The summed E-state index contributed by atoms with van der Waals surface area (Å²) in [7, 11) is 1.58. The molecule has 0 saturated heterocycles. The maximum Gasteiger partial charge on any atom is 0.179 e. The minimum atomic E-state index is -0.687. The Morgan fingerprint density at radius 3 is 2.65 bits per heavy atom. The number of benzene rings is 1. The number of methoxy groups -OCH3 is 1. The molecule has 0 aliphatic carbocycles. The molecule has 0 amide bonds. The van der Waals surface area contributed by atoms with Crippen LogP contribution < -0.4 is 0 Å². The van der Waals surface area contributed by atoms with Gasteiger partial charge < -0.3 is 4.74 Å². The van der Waals surface area contributed by atoms with Crippen molar-refractivity contribution in [3.8, 4) is 0 Å². The molecule has 20 heavy (non-hydrogen) atoms. The van der Waals surface area contributed by atoms with Crippen molar-refractivity contribution in [1.82, 2.24) is 4.90 Å². The third kappa shape index (κ3) is 5.35. The Hall–Kier alpha value is -1.33. The molecule has 3 nitrogen and oxygen atoms in total. The van der Waals surface area contributed by atoms with E-state index >= 15 is 0 Å². The van der Waals surface area contributed by atoms with Crippen molar-refractivity contribution >= 4 is 5.78 Å². The van der Waals surface area contributed by atoms with E-state index in [2.05, 4.69) is 0 Å². The summed E-state index contributed by atoms with van der Waals surface area (Å²) < 4.78 is 31.7. The van der Waals surface area contributed by atoms with Gasteiger partial charge in [-0.05, 0) is 24.1 Å². The van der Waals surface area contributed by atoms with Crippen molar-refractivity contribution in [2.45, 2.75) is 13.8 Å². The van der Waals surface area contributed by atoms with Gasteiger partial charge in [0.1, 0.15) is 11.6 Å². The summed E-state index contributed by atoms with van der Waals surface area (Å²) in [5.74, 6) is -1.34. The molecule has 0 unspecified atom stereocenters. The van der Waals surface area contributed by atoms with Crippen LogP contribution in [0.5, 0.6) is 0 Å². The topological polar surface area (TPSA) is 29.5 Å². The molecule has 1 aromatic rings. The number of halogens is 2. The van der Waals surface area contributed by atoms with E-state index in [1.54, 1.807) is 7.11 Å². The molecule has 1 rings (SSSR count). The number of ether oxygens (including phenoxy) is 1. The lowest BCUT2D eigenvalue weighted by molar-refractivity contribution is 0.0877. The number of carbonyl (C=O) groups excluding carboxylic acids is 1. The van der Waals surface area contributed by atoms with Crippen LogP contribution in [0.25, 0.3) is 0 Å². The van der Waals surface area contributed by atoms with Gasteiger partial charge in [0.15, 0.2) is 5.78 Å². The summed E-state index contributed by atoms with van der Waals surface area (Å²) in [5, 5.41) is 0. The highest BCUT2D eigenvalue weighted by Crippen LogP contribution is 2.11. The van der Waals surface area contributed by atoms with Gasteiger partial charge in [0.25, 0.3) is 0 Å². The lowest BCUT2D eigenvalue weighted by Gasteiger charge is -2.23. The summed E-state index contributed by atoms with van der Waals surface area (Å²) in [6, 6.07) is 2.93. The Morgan fingerprint density at radius 2 is 2.05 bits per heavy atom. The van der Waals surface area contributed by atoms with Crippen molar-refractivity contribution in [3.05, 3.63) is 35.4 Å². The summed E-state index contributed by atoms with van der Waals surface area (Å²) in [4.78, 5) is 14.0. The maximum absolute atomic E-state index is 13.6. The van der Waals surface area contributed by atoms with E-state index in [4.69, 9.17) is 4.74 Å². The first-order valence-corrected chi connectivity index (χ1v) is 6.63. The number of rotatable bonds is 8. The van der Waals surface area contributed by atoms with E-state index in [-0.39, 0.29) is 12.1 Å². The second-order valence-corrected chi connectivity index (χ2v) is 5.17. The van der Waals surface area contributed by atoms with Crippen LogP contribution in [0.1, 0.15) is 24.2 Å². The standard InChI is InChI=1S/C15H21F2NO2/c1-11(2)9-18(6-7-20-3)10-15(19)13-8-12(16)4-5-14(13)17/h4-5,8,11H,6-7,9-10H2,1-3H3. The molecule has 0 bridgehead atoms. The van der Waals surface area contributed by atoms with Crippen molar-refractivity contribution < 1.29 is 18.3 Å². The summed E-state index contributed by atoms with van der Waals surface area (Å²) in [6.45, 7) is 5.90. The zero-order valence-electron chi connectivity index (χ0n) is 12.2. The minimum Gasteiger partial charge on any atom is -0.383 e. The fourth-order valence-electron chi connectivity index (χ4n) is 1.97. The molecule has 5 heteroatoms. The summed E-state index contributed by atoms with van der Waals surface area (Å²) >= 11 is 0. The third-order valence-electron chi connectivity index (χ3n) is 2.83. The van der Waals surface area contributed by atoms with Crippen LogP contribution in [0, 0.1) is 17.6 Å². The van der Waals surface area contributed by atoms with E-state index in [1.807, 2.05) is 18.7 Å². The Labute approximate surface area is 118 Å². The lowest BCUT2D eigenvalue weighted by Crippen LogP contribution is -2.35. The fraction of sp³-hybridized carbons (Fsp3) is 0.533. The van der Waals surface area contributed by atoms with Gasteiger partial charge >= 0.3 is 0 Å². The first kappa shape index (κ1) is 16.7. The van der Waals surface area contributed by atoms with Gasteiger partial charge in [-0.25, -0.2) is 8.78 Å². The second kappa shape index (κ2) is 8.07. The normalized spacial score (nSPS) is 11.3. The average molecular weight is 285 g/mol.